The molecule has 0 radical (unpaired) electrons. The van der Waals surface area contributed by atoms with Crippen molar-refractivity contribution >= 4 is 35.6 Å². The van der Waals surface area contributed by atoms with E-state index in [9.17, 15) is 14.4 Å². The van der Waals surface area contributed by atoms with Gasteiger partial charge in [-0.05, 0) is 49.3 Å². The minimum absolute atomic E-state index is 0.0120. The smallest absolute Gasteiger partial charge is 0.267 e. The summed E-state index contributed by atoms with van der Waals surface area (Å²) in [6.45, 7) is 1.42. The number of nitrogens with zero attached hydrogens (tertiary/aromatic N) is 3. The number of carbonyl (C=O) groups is 3. The molecular weight excluding hydrogens is 422 g/mol. The molecule has 2 aliphatic heterocycles. The van der Waals surface area contributed by atoms with Crippen LogP contribution < -0.4 is 15.7 Å². The van der Waals surface area contributed by atoms with Gasteiger partial charge in [0.25, 0.3) is 5.91 Å². The maximum Gasteiger partial charge on any atom is 0.267 e. The van der Waals surface area contributed by atoms with E-state index >= 15 is 0 Å². The molecule has 1 spiro atoms. The number of likely N-dealkylation sites (tertiary alicyclic amines) is 1. The summed E-state index contributed by atoms with van der Waals surface area (Å²) < 4.78 is 0. The fourth-order valence-electron chi connectivity index (χ4n) is 4.24. The summed E-state index contributed by atoms with van der Waals surface area (Å²) in [7, 11) is 0. The molecule has 2 fully saturated rings. The standard InChI is InChI=1S/C24H25N5O4/c30-21(27-33)11-9-18-5-4-6-19(26-18)10-12-22(31)28-15-13-24(14-16-28)23(32)25-17-29(24)20-7-2-1-3-8-20/h1-12,33H,13-17H2,(H,25,32)(H,27,30). The largest absolute Gasteiger partial charge is 0.339 e. The molecule has 2 aromatic rings. The van der Waals surface area contributed by atoms with Crippen LogP contribution in [0.25, 0.3) is 12.2 Å². The van der Waals surface area contributed by atoms with Crippen LogP contribution in [0.2, 0.25) is 0 Å². The SMILES string of the molecule is O=C(C=Cc1cccc(C=CC(=O)N2CCC3(CC2)C(=O)NCN3c2ccccc2)n1)NO. The van der Waals surface area contributed by atoms with Gasteiger partial charge in [0.1, 0.15) is 5.54 Å². The van der Waals surface area contributed by atoms with E-state index in [4.69, 9.17) is 5.21 Å². The van der Waals surface area contributed by atoms with Gasteiger partial charge in [-0.1, -0.05) is 24.3 Å². The Labute approximate surface area is 191 Å². The number of carbonyl (C=O) groups excluding carboxylic acids is 3. The summed E-state index contributed by atoms with van der Waals surface area (Å²) in [5.74, 6) is -0.785. The van der Waals surface area contributed by atoms with Crippen molar-refractivity contribution < 1.29 is 19.6 Å². The number of piperidine rings is 1. The van der Waals surface area contributed by atoms with Gasteiger partial charge in [-0.2, -0.15) is 0 Å². The van der Waals surface area contributed by atoms with Gasteiger partial charge in [0, 0.05) is 30.9 Å². The molecule has 2 saturated heterocycles. The normalized spacial score (nSPS) is 17.7. The number of benzene rings is 1. The summed E-state index contributed by atoms with van der Waals surface area (Å²) in [6.07, 6.45) is 6.81. The van der Waals surface area contributed by atoms with Crippen molar-refractivity contribution in [2.45, 2.75) is 18.4 Å². The van der Waals surface area contributed by atoms with Gasteiger partial charge >= 0.3 is 0 Å². The Morgan fingerprint density at radius 3 is 2.33 bits per heavy atom. The lowest BCUT2D eigenvalue weighted by atomic mass is 9.85. The van der Waals surface area contributed by atoms with Crippen molar-refractivity contribution in [3.05, 3.63) is 72.1 Å². The molecule has 3 N–H and O–H groups in total. The molecule has 3 amide bonds. The molecule has 0 unspecified atom stereocenters. The Morgan fingerprint density at radius 1 is 1.00 bits per heavy atom. The zero-order valence-electron chi connectivity index (χ0n) is 18.0. The molecule has 9 heteroatoms. The maximum absolute atomic E-state index is 12.7. The zero-order chi connectivity index (χ0) is 23.3. The predicted octanol–water partition coefficient (Wildman–Crippen LogP) is 1.57. The first kappa shape index (κ1) is 22.2. The van der Waals surface area contributed by atoms with Gasteiger partial charge in [0.05, 0.1) is 18.1 Å². The van der Waals surface area contributed by atoms with Crippen LogP contribution in [0.1, 0.15) is 24.2 Å². The Balaban J connectivity index is 1.40. The summed E-state index contributed by atoms with van der Waals surface area (Å²) in [4.78, 5) is 44.8. The van der Waals surface area contributed by atoms with Crippen LogP contribution in [0, 0.1) is 0 Å². The minimum atomic E-state index is -0.655. The molecule has 3 heterocycles. The third-order valence-electron chi connectivity index (χ3n) is 6.01. The second-order valence-corrected chi connectivity index (χ2v) is 7.91. The third kappa shape index (κ3) is 4.78. The molecular formula is C24H25N5O4. The molecule has 9 nitrogen and oxygen atoms in total. The number of nitrogens with one attached hydrogen (secondary N) is 2. The summed E-state index contributed by atoms with van der Waals surface area (Å²) in [5, 5.41) is 11.5. The van der Waals surface area contributed by atoms with E-state index < -0.39 is 11.4 Å². The first-order valence-corrected chi connectivity index (χ1v) is 10.7. The minimum Gasteiger partial charge on any atom is -0.339 e. The van der Waals surface area contributed by atoms with Crippen LogP contribution in [0.3, 0.4) is 0 Å². The first-order chi connectivity index (χ1) is 16.0. The highest BCUT2D eigenvalue weighted by atomic mass is 16.5. The first-order valence-electron chi connectivity index (χ1n) is 10.7. The van der Waals surface area contributed by atoms with E-state index in [2.05, 4.69) is 15.2 Å². The third-order valence-corrected chi connectivity index (χ3v) is 6.01. The molecule has 33 heavy (non-hydrogen) atoms. The van der Waals surface area contributed by atoms with Crippen molar-refractivity contribution in [2.75, 3.05) is 24.7 Å². The molecule has 1 aromatic heterocycles. The lowest BCUT2D eigenvalue weighted by molar-refractivity contribution is -0.131. The van der Waals surface area contributed by atoms with E-state index in [1.54, 1.807) is 29.2 Å². The average Bonchev–Trinajstić information content (AvgIpc) is 3.17. The number of hydroxylamine groups is 1. The molecule has 0 bridgehead atoms. The van der Waals surface area contributed by atoms with Gasteiger partial charge in [-0.15, -0.1) is 0 Å². The molecule has 4 rings (SSSR count). The number of pyridine rings is 1. The van der Waals surface area contributed by atoms with Gasteiger partial charge in [0.2, 0.25) is 11.8 Å². The molecule has 0 atom stereocenters. The van der Waals surface area contributed by atoms with Gasteiger partial charge < -0.3 is 15.1 Å². The highest BCUT2D eigenvalue weighted by Gasteiger charge is 2.50. The lowest BCUT2D eigenvalue weighted by Crippen LogP contribution is -2.57. The molecule has 0 saturated carbocycles. The van der Waals surface area contributed by atoms with E-state index in [-0.39, 0.29) is 11.8 Å². The van der Waals surface area contributed by atoms with Crippen LogP contribution >= 0.6 is 0 Å². The quantitative estimate of drug-likeness (QED) is 0.364. The number of hydrogen-bond donors (Lipinski definition) is 3. The topological polar surface area (TPSA) is 115 Å². The van der Waals surface area contributed by atoms with Crippen molar-refractivity contribution in [1.82, 2.24) is 20.7 Å². The Kier molecular flexibility index (Phi) is 6.50. The molecule has 0 aliphatic carbocycles. The van der Waals surface area contributed by atoms with Crippen LogP contribution in [0.4, 0.5) is 5.69 Å². The van der Waals surface area contributed by atoms with Crippen molar-refractivity contribution in [1.29, 1.82) is 0 Å². The van der Waals surface area contributed by atoms with Crippen molar-refractivity contribution in [2.24, 2.45) is 0 Å². The van der Waals surface area contributed by atoms with Crippen LogP contribution in [-0.4, -0.2) is 58.1 Å². The van der Waals surface area contributed by atoms with Crippen molar-refractivity contribution in [3.8, 4) is 0 Å². The van der Waals surface area contributed by atoms with Crippen LogP contribution in [0.15, 0.2) is 60.7 Å². The average molecular weight is 447 g/mol. The Hall–Kier alpha value is -3.98. The van der Waals surface area contributed by atoms with Crippen LogP contribution in [0.5, 0.6) is 0 Å². The number of para-hydroxylation sites is 1. The van der Waals surface area contributed by atoms with Gasteiger partial charge in [-0.25, -0.2) is 10.5 Å². The van der Waals surface area contributed by atoms with E-state index in [0.717, 1.165) is 11.8 Å². The van der Waals surface area contributed by atoms with E-state index in [1.807, 2.05) is 30.3 Å². The fraction of sp³-hybridized carbons (Fsp3) is 0.250. The molecule has 1 aromatic carbocycles. The Bertz CT molecular complexity index is 1090. The second kappa shape index (κ2) is 9.66. The second-order valence-electron chi connectivity index (χ2n) is 7.91. The molecule has 170 valence electrons. The van der Waals surface area contributed by atoms with Gasteiger partial charge in [0.15, 0.2) is 0 Å². The van der Waals surface area contributed by atoms with E-state index in [0.29, 0.717) is 44.0 Å². The monoisotopic (exact) mass is 447 g/mol. The van der Waals surface area contributed by atoms with Crippen LogP contribution in [-0.2, 0) is 14.4 Å². The number of hydrogen-bond acceptors (Lipinski definition) is 6. The maximum atomic E-state index is 12.7. The number of aromatic nitrogens is 1. The fourth-order valence-corrected chi connectivity index (χ4v) is 4.24. The predicted molar refractivity (Wildman–Crippen MR) is 123 cm³/mol. The summed E-state index contributed by atoms with van der Waals surface area (Å²) >= 11 is 0. The highest BCUT2D eigenvalue weighted by Crippen LogP contribution is 2.36. The summed E-state index contributed by atoms with van der Waals surface area (Å²) in [6, 6.07) is 15.1. The highest BCUT2D eigenvalue weighted by molar-refractivity contribution is 5.95. The Morgan fingerprint density at radius 2 is 1.67 bits per heavy atom. The lowest BCUT2D eigenvalue weighted by Gasteiger charge is -2.43. The number of amides is 3. The van der Waals surface area contributed by atoms with Gasteiger partial charge in [-0.3, -0.25) is 19.6 Å². The summed E-state index contributed by atoms with van der Waals surface area (Å²) in [5.41, 5.74) is 2.95. The van der Waals surface area contributed by atoms with Crippen molar-refractivity contribution in [3.63, 3.8) is 0 Å². The zero-order valence-corrected chi connectivity index (χ0v) is 18.0. The van der Waals surface area contributed by atoms with E-state index in [1.165, 1.54) is 17.6 Å². The number of anilines is 1. The number of rotatable bonds is 5. The molecule has 2 aliphatic rings.